The van der Waals surface area contributed by atoms with Gasteiger partial charge in [-0.1, -0.05) is 6.42 Å². The molecule has 7 heteroatoms. The second-order valence-corrected chi connectivity index (χ2v) is 7.64. The molecule has 0 saturated heterocycles. The highest BCUT2D eigenvalue weighted by molar-refractivity contribution is 7.89. The van der Waals surface area contributed by atoms with Gasteiger partial charge in [-0.3, -0.25) is 4.79 Å². The summed E-state index contributed by atoms with van der Waals surface area (Å²) in [5.74, 6) is -0.407. The van der Waals surface area contributed by atoms with Crippen molar-refractivity contribution in [2.45, 2.75) is 43.0 Å². The number of aryl methyl sites for hydroxylation is 1. The van der Waals surface area contributed by atoms with E-state index < -0.39 is 22.5 Å². The van der Waals surface area contributed by atoms with Gasteiger partial charge in [-0.05, 0) is 49.4 Å². The molecule has 3 rings (SSSR count). The van der Waals surface area contributed by atoms with E-state index in [0.717, 1.165) is 47.7 Å². The lowest BCUT2D eigenvalue weighted by atomic mass is 9.93. The summed E-state index contributed by atoms with van der Waals surface area (Å²) < 4.78 is 32.2. The molecule has 22 heavy (non-hydrogen) atoms. The normalized spacial score (nSPS) is 18.4. The molecule has 0 aromatic heterocycles. The Morgan fingerprint density at radius 3 is 2.73 bits per heavy atom. The Morgan fingerprint density at radius 2 is 2.09 bits per heavy atom. The monoisotopic (exact) mass is 325 g/mol. The Kier molecular flexibility index (Phi) is 4.10. The molecular weight excluding hydrogens is 306 g/mol. The third-order valence-corrected chi connectivity index (χ3v) is 6.15. The van der Waals surface area contributed by atoms with E-state index in [1.165, 1.54) is 6.07 Å². The van der Waals surface area contributed by atoms with Gasteiger partial charge < -0.3 is 9.84 Å². The lowest BCUT2D eigenvalue weighted by molar-refractivity contribution is -0.137. The molecule has 0 radical (unpaired) electrons. The van der Waals surface area contributed by atoms with Crippen LogP contribution in [-0.4, -0.2) is 43.0 Å². The van der Waals surface area contributed by atoms with Gasteiger partial charge in [0.2, 0.25) is 10.0 Å². The van der Waals surface area contributed by atoms with Crippen LogP contribution in [-0.2, 0) is 21.2 Å². The number of carboxylic acid groups (broad SMARTS) is 1. The fraction of sp³-hybridized carbons (Fsp3) is 0.533. The van der Waals surface area contributed by atoms with Gasteiger partial charge in [0, 0.05) is 6.04 Å². The molecule has 1 N–H and O–H groups in total. The molecule has 0 spiro atoms. The number of hydrogen-bond acceptors (Lipinski definition) is 4. The molecule has 0 atom stereocenters. The summed E-state index contributed by atoms with van der Waals surface area (Å²) in [6, 6.07) is 4.60. The fourth-order valence-corrected chi connectivity index (χ4v) is 4.54. The average Bonchev–Trinajstić information content (AvgIpc) is 2.43. The van der Waals surface area contributed by atoms with E-state index in [-0.39, 0.29) is 10.9 Å². The van der Waals surface area contributed by atoms with E-state index >= 15 is 0 Å². The molecule has 1 heterocycles. The van der Waals surface area contributed by atoms with Crippen molar-refractivity contribution >= 4 is 16.0 Å². The van der Waals surface area contributed by atoms with Crippen LogP contribution in [0.2, 0.25) is 0 Å². The molecule has 1 fully saturated rings. The predicted octanol–water partition coefficient (Wildman–Crippen LogP) is 1.64. The largest absolute Gasteiger partial charge is 0.493 e. The summed E-state index contributed by atoms with van der Waals surface area (Å²) in [6.07, 6.45) is 4.02. The molecule has 1 aliphatic carbocycles. The zero-order chi connectivity index (χ0) is 15.7. The highest BCUT2D eigenvalue weighted by atomic mass is 32.2. The van der Waals surface area contributed by atoms with Crippen molar-refractivity contribution in [1.82, 2.24) is 4.31 Å². The average molecular weight is 325 g/mol. The van der Waals surface area contributed by atoms with Gasteiger partial charge in [0.15, 0.2) is 0 Å². The second kappa shape index (κ2) is 5.89. The van der Waals surface area contributed by atoms with Crippen LogP contribution in [0.3, 0.4) is 0 Å². The maximum atomic E-state index is 12.8. The first-order chi connectivity index (χ1) is 10.5. The number of aliphatic carboxylic acids is 1. The minimum Gasteiger partial charge on any atom is -0.493 e. The van der Waals surface area contributed by atoms with Crippen LogP contribution in [0.25, 0.3) is 0 Å². The molecule has 1 aliphatic heterocycles. The zero-order valence-electron chi connectivity index (χ0n) is 12.2. The minimum absolute atomic E-state index is 0.157. The number of sulfonamides is 1. The predicted molar refractivity (Wildman–Crippen MR) is 79.4 cm³/mol. The first-order valence-electron chi connectivity index (χ1n) is 7.48. The smallest absolute Gasteiger partial charge is 0.318 e. The van der Waals surface area contributed by atoms with Crippen LogP contribution in [0.1, 0.15) is 31.2 Å². The van der Waals surface area contributed by atoms with E-state index in [4.69, 9.17) is 9.84 Å². The van der Waals surface area contributed by atoms with E-state index in [9.17, 15) is 13.2 Å². The number of nitrogens with zero attached hydrogens (tertiary/aromatic N) is 1. The molecule has 1 aromatic carbocycles. The Hall–Kier alpha value is -1.60. The molecule has 120 valence electrons. The number of fused-ring (bicyclic) bond motifs is 1. The first-order valence-corrected chi connectivity index (χ1v) is 8.92. The van der Waals surface area contributed by atoms with Gasteiger partial charge in [0.1, 0.15) is 12.3 Å². The molecule has 2 aliphatic rings. The SMILES string of the molecule is O=C(O)CN(C1CCC1)S(=O)(=O)c1ccc2c(c1)CCCO2. The van der Waals surface area contributed by atoms with Crippen LogP contribution < -0.4 is 4.74 Å². The number of benzene rings is 1. The highest BCUT2D eigenvalue weighted by Crippen LogP contribution is 2.32. The Labute approximate surface area is 129 Å². The van der Waals surface area contributed by atoms with Crippen molar-refractivity contribution < 1.29 is 23.1 Å². The minimum atomic E-state index is -3.79. The molecule has 0 unspecified atom stereocenters. The number of hydrogen-bond donors (Lipinski definition) is 1. The number of carbonyl (C=O) groups is 1. The fourth-order valence-electron chi connectivity index (χ4n) is 2.85. The highest BCUT2D eigenvalue weighted by Gasteiger charge is 2.36. The van der Waals surface area contributed by atoms with Crippen molar-refractivity contribution in [3.8, 4) is 5.75 Å². The van der Waals surface area contributed by atoms with E-state index in [1.807, 2.05) is 0 Å². The van der Waals surface area contributed by atoms with Crippen molar-refractivity contribution in [1.29, 1.82) is 0 Å². The maximum absolute atomic E-state index is 12.8. The number of carboxylic acids is 1. The standard InChI is InChI=1S/C15H19NO5S/c17-15(18)10-16(12-4-1-5-12)22(19,20)13-6-7-14-11(9-13)3-2-8-21-14/h6-7,9,12H,1-5,8,10H2,(H,17,18). The second-order valence-electron chi connectivity index (χ2n) is 5.75. The third-order valence-electron chi connectivity index (χ3n) is 4.26. The lowest BCUT2D eigenvalue weighted by Gasteiger charge is -2.35. The van der Waals surface area contributed by atoms with Crippen molar-refractivity contribution in [3.63, 3.8) is 0 Å². The van der Waals surface area contributed by atoms with Gasteiger partial charge >= 0.3 is 5.97 Å². The van der Waals surface area contributed by atoms with Crippen LogP contribution >= 0.6 is 0 Å². The molecule has 1 saturated carbocycles. The Balaban J connectivity index is 1.94. The summed E-state index contributed by atoms with van der Waals surface area (Å²) in [7, 11) is -3.79. The van der Waals surface area contributed by atoms with Crippen molar-refractivity contribution in [2.75, 3.05) is 13.2 Å². The maximum Gasteiger partial charge on any atom is 0.318 e. The molecule has 0 bridgehead atoms. The number of rotatable bonds is 5. The lowest BCUT2D eigenvalue weighted by Crippen LogP contribution is -2.46. The van der Waals surface area contributed by atoms with Gasteiger partial charge in [0.05, 0.1) is 11.5 Å². The summed E-state index contributed by atoms with van der Waals surface area (Å²) in [4.78, 5) is 11.2. The van der Waals surface area contributed by atoms with Crippen LogP contribution in [0.5, 0.6) is 5.75 Å². The van der Waals surface area contributed by atoms with Crippen molar-refractivity contribution in [2.24, 2.45) is 0 Å². The zero-order valence-corrected chi connectivity index (χ0v) is 13.0. The Morgan fingerprint density at radius 1 is 1.32 bits per heavy atom. The quantitative estimate of drug-likeness (QED) is 0.890. The van der Waals surface area contributed by atoms with Crippen molar-refractivity contribution in [3.05, 3.63) is 23.8 Å². The Bertz CT molecular complexity index is 681. The van der Waals surface area contributed by atoms with Gasteiger partial charge in [-0.25, -0.2) is 8.42 Å². The summed E-state index contributed by atoms with van der Waals surface area (Å²) in [6.45, 7) is 0.160. The van der Waals surface area contributed by atoms with E-state index in [0.29, 0.717) is 6.61 Å². The van der Waals surface area contributed by atoms with Crippen LogP contribution in [0.15, 0.2) is 23.1 Å². The summed E-state index contributed by atoms with van der Waals surface area (Å²) in [5, 5.41) is 9.03. The topological polar surface area (TPSA) is 83.9 Å². The molecule has 6 nitrogen and oxygen atoms in total. The summed E-state index contributed by atoms with van der Waals surface area (Å²) in [5.41, 5.74) is 0.871. The van der Waals surface area contributed by atoms with E-state index in [1.54, 1.807) is 12.1 Å². The summed E-state index contributed by atoms with van der Waals surface area (Å²) >= 11 is 0. The molecule has 0 amide bonds. The van der Waals surface area contributed by atoms with Crippen LogP contribution in [0.4, 0.5) is 0 Å². The molecular formula is C15H19NO5S. The molecule has 1 aromatic rings. The first kappa shape index (κ1) is 15.3. The van der Waals surface area contributed by atoms with Gasteiger partial charge in [-0.15, -0.1) is 0 Å². The van der Waals surface area contributed by atoms with Crippen LogP contribution in [0, 0.1) is 0 Å². The third kappa shape index (κ3) is 2.83. The number of ether oxygens (including phenoxy) is 1. The van der Waals surface area contributed by atoms with Gasteiger partial charge in [0.25, 0.3) is 0 Å². The van der Waals surface area contributed by atoms with E-state index in [2.05, 4.69) is 0 Å². The van der Waals surface area contributed by atoms with Gasteiger partial charge in [-0.2, -0.15) is 4.31 Å².